The molecule has 0 saturated heterocycles. The van der Waals surface area contributed by atoms with Crippen LogP contribution in [0.3, 0.4) is 0 Å². The number of rotatable bonds is 6. The average molecular weight is 370 g/mol. The van der Waals surface area contributed by atoms with Crippen molar-refractivity contribution in [1.82, 2.24) is 14.5 Å². The van der Waals surface area contributed by atoms with Crippen LogP contribution in [0, 0.1) is 20.8 Å². The summed E-state index contributed by atoms with van der Waals surface area (Å²) in [5, 5.41) is 2.83. The fraction of sp³-hybridized carbons (Fsp3) is 0.429. The molecule has 0 radical (unpaired) electrons. The Labute approximate surface area is 159 Å². The molecule has 0 aliphatic rings. The van der Waals surface area contributed by atoms with Gasteiger partial charge in [-0.1, -0.05) is 37.6 Å². The molecule has 3 rings (SSSR count). The van der Waals surface area contributed by atoms with Gasteiger partial charge in [0.25, 0.3) is 5.56 Å². The van der Waals surface area contributed by atoms with Crippen LogP contribution < -0.4 is 5.56 Å². The van der Waals surface area contributed by atoms with E-state index in [2.05, 4.69) is 56.2 Å². The molecule has 0 atom stereocenters. The van der Waals surface area contributed by atoms with Gasteiger partial charge < -0.3 is 4.90 Å². The van der Waals surface area contributed by atoms with Crippen molar-refractivity contribution in [1.29, 1.82) is 0 Å². The Kier molecular flexibility index (Phi) is 5.58. The number of aromatic nitrogens is 2. The highest BCUT2D eigenvalue weighted by Gasteiger charge is 2.17. The SMILES string of the molecule is CCN(CC)CCn1c(C)nc2scc(-c3ccc(C)cc3C)c2c1=O. The Morgan fingerprint density at radius 2 is 1.85 bits per heavy atom. The molecule has 0 unspecified atom stereocenters. The average Bonchev–Trinajstić information content (AvgIpc) is 3.01. The summed E-state index contributed by atoms with van der Waals surface area (Å²) in [5.74, 6) is 0.795. The number of thiophene rings is 1. The molecule has 26 heavy (non-hydrogen) atoms. The van der Waals surface area contributed by atoms with Crippen LogP contribution in [0.4, 0.5) is 0 Å². The summed E-state index contributed by atoms with van der Waals surface area (Å²) in [6.45, 7) is 14.0. The third kappa shape index (κ3) is 3.46. The Bertz CT molecular complexity index is 983. The minimum Gasteiger partial charge on any atom is -0.302 e. The van der Waals surface area contributed by atoms with Crippen LogP contribution in [0.1, 0.15) is 30.8 Å². The molecule has 3 aromatic rings. The van der Waals surface area contributed by atoms with Crippen LogP contribution in [0.5, 0.6) is 0 Å². The summed E-state index contributed by atoms with van der Waals surface area (Å²) in [5.41, 5.74) is 4.64. The van der Waals surface area contributed by atoms with Crippen LogP contribution in [0.25, 0.3) is 21.3 Å². The van der Waals surface area contributed by atoms with Crippen molar-refractivity contribution in [2.24, 2.45) is 0 Å². The molecule has 0 bridgehead atoms. The van der Waals surface area contributed by atoms with Crippen molar-refractivity contribution in [3.8, 4) is 11.1 Å². The van der Waals surface area contributed by atoms with E-state index < -0.39 is 0 Å². The lowest BCUT2D eigenvalue weighted by atomic mass is 9.99. The van der Waals surface area contributed by atoms with E-state index in [9.17, 15) is 4.79 Å². The minimum atomic E-state index is 0.0795. The highest BCUT2D eigenvalue weighted by atomic mass is 32.1. The Hall–Kier alpha value is -1.98. The quantitative estimate of drug-likeness (QED) is 0.647. The second-order valence-corrected chi connectivity index (χ2v) is 7.65. The largest absolute Gasteiger partial charge is 0.302 e. The van der Waals surface area contributed by atoms with Gasteiger partial charge in [0.05, 0.1) is 5.39 Å². The van der Waals surface area contributed by atoms with Crippen LogP contribution in [0.15, 0.2) is 28.4 Å². The summed E-state index contributed by atoms with van der Waals surface area (Å²) < 4.78 is 1.83. The van der Waals surface area contributed by atoms with Crippen molar-refractivity contribution in [2.45, 2.75) is 41.2 Å². The normalized spacial score (nSPS) is 11.6. The van der Waals surface area contributed by atoms with E-state index in [1.165, 1.54) is 11.1 Å². The van der Waals surface area contributed by atoms with Gasteiger partial charge in [0.2, 0.25) is 0 Å². The Balaban J connectivity index is 2.11. The molecule has 1 aromatic carbocycles. The molecule has 2 aromatic heterocycles. The number of hydrogen-bond donors (Lipinski definition) is 0. The molecule has 138 valence electrons. The topological polar surface area (TPSA) is 38.1 Å². The number of nitrogens with zero attached hydrogens (tertiary/aromatic N) is 3. The van der Waals surface area contributed by atoms with E-state index in [0.717, 1.165) is 46.8 Å². The number of fused-ring (bicyclic) bond motifs is 1. The predicted molar refractivity (Wildman–Crippen MR) is 111 cm³/mol. The van der Waals surface area contributed by atoms with Crippen LogP contribution in [-0.2, 0) is 6.54 Å². The first-order chi connectivity index (χ1) is 12.5. The van der Waals surface area contributed by atoms with Crippen molar-refractivity contribution in [3.63, 3.8) is 0 Å². The van der Waals surface area contributed by atoms with E-state index in [0.29, 0.717) is 6.54 Å². The first kappa shape index (κ1) is 18.8. The lowest BCUT2D eigenvalue weighted by Crippen LogP contribution is -2.32. The van der Waals surface area contributed by atoms with Crippen molar-refractivity contribution in [3.05, 3.63) is 50.9 Å². The molecule has 0 aliphatic heterocycles. The number of likely N-dealkylation sites (N-methyl/N-ethyl adjacent to an activating group) is 1. The fourth-order valence-electron chi connectivity index (χ4n) is 3.48. The first-order valence-corrected chi connectivity index (χ1v) is 10.1. The summed E-state index contributed by atoms with van der Waals surface area (Å²) in [7, 11) is 0. The van der Waals surface area contributed by atoms with Gasteiger partial charge in [-0.15, -0.1) is 11.3 Å². The Morgan fingerprint density at radius 3 is 2.50 bits per heavy atom. The van der Waals surface area contributed by atoms with E-state index in [1.54, 1.807) is 11.3 Å². The molecular weight excluding hydrogens is 342 g/mol. The number of aryl methyl sites for hydroxylation is 3. The van der Waals surface area contributed by atoms with Gasteiger partial charge in [-0.05, 0) is 45.0 Å². The molecular formula is C21H27N3OS. The summed E-state index contributed by atoms with van der Waals surface area (Å²) >= 11 is 1.56. The van der Waals surface area contributed by atoms with Crippen LogP contribution >= 0.6 is 11.3 Å². The molecule has 0 N–H and O–H groups in total. The maximum atomic E-state index is 13.3. The summed E-state index contributed by atoms with van der Waals surface area (Å²) in [6, 6.07) is 6.39. The first-order valence-electron chi connectivity index (χ1n) is 9.24. The molecule has 0 aliphatic carbocycles. The highest BCUT2D eigenvalue weighted by molar-refractivity contribution is 7.17. The second-order valence-electron chi connectivity index (χ2n) is 6.79. The lowest BCUT2D eigenvalue weighted by molar-refractivity contribution is 0.288. The maximum Gasteiger partial charge on any atom is 0.262 e. The zero-order valence-corrected chi connectivity index (χ0v) is 17.1. The minimum absolute atomic E-state index is 0.0795. The lowest BCUT2D eigenvalue weighted by Gasteiger charge is -2.19. The molecule has 0 amide bonds. The van der Waals surface area contributed by atoms with Gasteiger partial charge in [-0.3, -0.25) is 9.36 Å². The predicted octanol–water partition coefficient (Wildman–Crippen LogP) is 4.39. The summed E-state index contributed by atoms with van der Waals surface area (Å²) in [4.78, 5) is 21.2. The van der Waals surface area contributed by atoms with E-state index in [4.69, 9.17) is 4.98 Å². The van der Waals surface area contributed by atoms with Crippen molar-refractivity contribution < 1.29 is 0 Å². The highest BCUT2D eigenvalue weighted by Crippen LogP contribution is 2.33. The zero-order chi connectivity index (χ0) is 18.8. The van der Waals surface area contributed by atoms with E-state index >= 15 is 0 Å². The van der Waals surface area contributed by atoms with Crippen LogP contribution in [-0.4, -0.2) is 34.1 Å². The molecule has 0 fully saturated rings. The van der Waals surface area contributed by atoms with Gasteiger partial charge in [-0.2, -0.15) is 0 Å². The van der Waals surface area contributed by atoms with Gasteiger partial charge >= 0.3 is 0 Å². The fourth-order valence-corrected chi connectivity index (χ4v) is 4.46. The molecule has 4 nitrogen and oxygen atoms in total. The van der Waals surface area contributed by atoms with Crippen molar-refractivity contribution >= 4 is 21.6 Å². The monoisotopic (exact) mass is 369 g/mol. The number of benzene rings is 1. The zero-order valence-electron chi connectivity index (χ0n) is 16.3. The molecule has 5 heteroatoms. The molecule has 0 saturated carbocycles. The Morgan fingerprint density at radius 1 is 1.12 bits per heavy atom. The third-order valence-corrected chi connectivity index (χ3v) is 5.96. The molecule has 2 heterocycles. The van der Waals surface area contributed by atoms with Crippen molar-refractivity contribution in [2.75, 3.05) is 19.6 Å². The summed E-state index contributed by atoms with van der Waals surface area (Å²) in [6.07, 6.45) is 0. The third-order valence-electron chi connectivity index (χ3n) is 5.09. The second kappa shape index (κ2) is 7.72. The number of hydrogen-bond acceptors (Lipinski definition) is 4. The van der Waals surface area contributed by atoms with E-state index in [-0.39, 0.29) is 5.56 Å². The standard InChI is InChI=1S/C21H27N3OS/c1-6-23(7-2)10-11-24-16(5)22-20-19(21(24)25)18(13-26-20)17-9-8-14(3)12-15(17)4/h8-9,12-13H,6-7,10-11H2,1-5H3. The van der Waals surface area contributed by atoms with Gasteiger partial charge in [0.1, 0.15) is 10.7 Å². The molecule has 0 spiro atoms. The van der Waals surface area contributed by atoms with Crippen LogP contribution in [0.2, 0.25) is 0 Å². The smallest absolute Gasteiger partial charge is 0.262 e. The van der Waals surface area contributed by atoms with Gasteiger partial charge in [0.15, 0.2) is 0 Å². The van der Waals surface area contributed by atoms with Gasteiger partial charge in [-0.25, -0.2) is 4.98 Å². The maximum absolute atomic E-state index is 13.3. The van der Waals surface area contributed by atoms with Gasteiger partial charge in [0, 0.05) is 24.0 Å². The van der Waals surface area contributed by atoms with E-state index in [1.807, 2.05) is 11.5 Å².